The number of piperidine rings is 1. The number of hydrogen-bond acceptors (Lipinski definition) is 3. The van der Waals surface area contributed by atoms with Crippen LogP contribution in [0.1, 0.15) is 32.3 Å². The van der Waals surface area contributed by atoms with Gasteiger partial charge in [-0.3, -0.25) is 4.79 Å². The van der Waals surface area contributed by atoms with E-state index in [4.69, 9.17) is 0 Å². The summed E-state index contributed by atoms with van der Waals surface area (Å²) >= 11 is 0. The second kappa shape index (κ2) is 7.61. The summed E-state index contributed by atoms with van der Waals surface area (Å²) in [6.07, 6.45) is 0.948. The largest absolute Gasteiger partial charge is 0.343 e. The molecule has 0 unspecified atom stereocenters. The Morgan fingerprint density at radius 1 is 1.25 bits per heavy atom. The summed E-state index contributed by atoms with van der Waals surface area (Å²) in [6, 6.07) is 4.08. The number of aryl methyl sites for hydroxylation is 1. The van der Waals surface area contributed by atoms with Gasteiger partial charge >= 0.3 is 0 Å². The minimum absolute atomic E-state index is 0.0822. The Kier molecular flexibility index (Phi) is 5.98. The zero-order valence-corrected chi connectivity index (χ0v) is 15.3. The van der Waals surface area contributed by atoms with Crippen LogP contribution in [0.3, 0.4) is 0 Å². The smallest absolute Gasteiger partial charge is 0.245 e. The normalized spacial score (nSPS) is 17.0. The highest BCUT2D eigenvalue weighted by Gasteiger charge is 2.34. The van der Waals surface area contributed by atoms with Crippen LogP contribution in [0.5, 0.6) is 0 Å². The highest BCUT2D eigenvalue weighted by molar-refractivity contribution is 7.89. The lowest BCUT2D eigenvalue weighted by molar-refractivity contribution is -0.136. The Balaban J connectivity index is 2.11. The first-order valence-electron chi connectivity index (χ1n) is 8.36. The molecule has 1 aliphatic rings. The maximum atomic E-state index is 14.0. The molecule has 7 heteroatoms. The number of nitrogens with zero attached hydrogens (tertiary/aromatic N) is 2. The minimum Gasteiger partial charge on any atom is -0.343 e. The van der Waals surface area contributed by atoms with E-state index < -0.39 is 15.8 Å². The summed E-state index contributed by atoms with van der Waals surface area (Å²) < 4.78 is 40.6. The average Bonchev–Trinajstić information content (AvgIpc) is 2.58. The Hall–Kier alpha value is -1.47. The third-order valence-corrected chi connectivity index (χ3v) is 6.50. The summed E-state index contributed by atoms with van der Waals surface area (Å²) in [5, 5.41) is 0. The van der Waals surface area contributed by atoms with E-state index in [1.165, 1.54) is 16.4 Å². The number of amides is 1. The second-order valence-corrected chi connectivity index (χ2v) is 8.03. The van der Waals surface area contributed by atoms with Gasteiger partial charge in [0.05, 0.1) is 0 Å². The van der Waals surface area contributed by atoms with E-state index in [1.807, 2.05) is 13.8 Å². The molecule has 0 N–H and O–H groups in total. The standard InChI is InChI=1S/C17H25FN2O3S/c1-4-19(5-2)17(21)14-8-10-20(11-9-14)24(22,23)16-12-13(3)6-7-15(16)18/h6-7,12,14H,4-5,8-11H2,1-3H3. The Morgan fingerprint density at radius 2 is 1.83 bits per heavy atom. The van der Waals surface area contributed by atoms with Crippen LogP contribution < -0.4 is 0 Å². The van der Waals surface area contributed by atoms with Gasteiger partial charge in [0, 0.05) is 32.1 Å². The molecular weight excluding hydrogens is 331 g/mol. The van der Waals surface area contributed by atoms with Gasteiger partial charge in [-0.15, -0.1) is 0 Å². The Labute approximate surface area is 143 Å². The molecule has 1 aromatic carbocycles. The third-order valence-electron chi connectivity index (χ3n) is 4.58. The second-order valence-electron chi connectivity index (χ2n) is 6.12. The molecule has 1 aromatic rings. The van der Waals surface area contributed by atoms with Crippen molar-refractivity contribution in [1.82, 2.24) is 9.21 Å². The lowest BCUT2D eigenvalue weighted by atomic mass is 9.96. The first kappa shape index (κ1) is 18.9. The molecule has 1 heterocycles. The number of sulfonamides is 1. The molecule has 0 atom stereocenters. The van der Waals surface area contributed by atoms with E-state index in [0.29, 0.717) is 31.5 Å². The van der Waals surface area contributed by atoms with Crippen molar-refractivity contribution in [2.45, 2.75) is 38.5 Å². The molecule has 1 fully saturated rings. The van der Waals surface area contributed by atoms with Gasteiger partial charge in [0.15, 0.2) is 0 Å². The number of rotatable bonds is 5. The van der Waals surface area contributed by atoms with Gasteiger partial charge in [0.25, 0.3) is 0 Å². The van der Waals surface area contributed by atoms with Gasteiger partial charge in [-0.1, -0.05) is 6.07 Å². The van der Waals surface area contributed by atoms with Gasteiger partial charge in [-0.05, 0) is 51.3 Å². The van der Waals surface area contributed by atoms with E-state index in [9.17, 15) is 17.6 Å². The maximum absolute atomic E-state index is 14.0. The van der Waals surface area contributed by atoms with Gasteiger partial charge in [0.1, 0.15) is 10.7 Å². The zero-order chi connectivity index (χ0) is 17.9. The van der Waals surface area contributed by atoms with Crippen LogP contribution in [0.4, 0.5) is 4.39 Å². The molecule has 0 bridgehead atoms. The van der Waals surface area contributed by atoms with E-state index in [-0.39, 0.29) is 29.8 Å². The van der Waals surface area contributed by atoms with Crippen molar-refractivity contribution >= 4 is 15.9 Å². The van der Waals surface area contributed by atoms with Crippen molar-refractivity contribution in [3.63, 3.8) is 0 Å². The number of benzene rings is 1. The molecule has 0 radical (unpaired) electrons. The SMILES string of the molecule is CCN(CC)C(=O)C1CCN(S(=O)(=O)c2cc(C)ccc2F)CC1. The number of hydrogen-bond donors (Lipinski definition) is 0. The third kappa shape index (κ3) is 3.78. The Morgan fingerprint density at radius 3 is 2.38 bits per heavy atom. The molecule has 2 rings (SSSR count). The lowest BCUT2D eigenvalue weighted by Gasteiger charge is -2.33. The fourth-order valence-electron chi connectivity index (χ4n) is 3.08. The van der Waals surface area contributed by atoms with Crippen LogP contribution in [-0.4, -0.2) is 49.7 Å². The molecule has 134 valence electrons. The molecular formula is C17H25FN2O3S. The summed E-state index contributed by atoms with van der Waals surface area (Å²) in [6.45, 7) is 7.39. The summed E-state index contributed by atoms with van der Waals surface area (Å²) in [4.78, 5) is 13.9. The molecule has 0 saturated carbocycles. The summed E-state index contributed by atoms with van der Waals surface area (Å²) in [7, 11) is -3.86. The number of halogens is 1. The predicted molar refractivity (Wildman–Crippen MR) is 90.5 cm³/mol. The van der Waals surface area contributed by atoms with Crippen LogP contribution in [0.2, 0.25) is 0 Å². The number of carbonyl (C=O) groups is 1. The fraction of sp³-hybridized carbons (Fsp3) is 0.588. The van der Waals surface area contributed by atoms with Crippen molar-refractivity contribution in [2.24, 2.45) is 5.92 Å². The van der Waals surface area contributed by atoms with Crippen molar-refractivity contribution < 1.29 is 17.6 Å². The fourth-order valence-corrected chi connectivity index (χ4v) is 4.70. The molecule has 1 aliphatic heterocycles. The molecule has 5 nitrogen and oxygen atoms in total. The van der Waals surface area contributed by atoms with E-state index in [1.54, 1.807) is 17.9 Å². The monoisotopic (exact) mass is 356 g/mol. The van der Waals surface area contributed by atoms with Crippen molar-refractivity contribution in [3.8, 4) is 0 Å². The van der Waals surface area contributed by atoms with Crippen LogP contribution >= 0.6 is 0 Å². The van der Waals surface area contributed by atoms with Gasteiger partial charge in [0.2, 0.25) is 15.9 Å². The van der Waals surface area contributed by atoms with Crippen LogP contribution in [0.25, 0.3) is 0 Å². The highest BCUT2D eigenvalue weighted by atomic mass is 32.2. The van der Waals surface area contributed by atoms with Crippen molar-refractivity contribution in [2.75, 3.05) is 26.2 Å². The summed E-state index contributed by atoms with van der Waals surface area (Å²) in [5.41, 5.74) is 0.696. The molecule has 0 spiro atoms. The predicted octanol–water partition coefficient (Wildman–Crippen LogP) is 2.40. The summed E-state index contributed by atoms with van der Waals surface area (Å²) in [5.74, 6) is -0.806. The zero-order valence-electron chi connectivity index (χ0n) is 14.5. The maximum Gasteiger partial charge on any atom is 0.245 e. The minimum atomic E-state index is -3.86. The quantitative estimate of drug-likeness (QED) is 0.814. The number of carbonyl (C=O) groups excluding carboxylic acids is 1. The first-order valence-corrected chi connectivity index (χ1v) is 9.80. The lowest BCUT2D eigenvalue weighted by Crippen LogP contribution is -2.44. The molecule has 0 aliphatic carbocycles. The highest BCUT2D eigenvalue weighted by Crippen LogP contribution is 2.27. The molecule has 1 amide bonds. The first-order chi connectivity index (χ1) is 11.3. The van der Waals surface area contributed by atoms with Crippen molar-refractivity contribution in [1.29, 1.82) is 0 Å². The molecule has 24 heavy (non-hydrogen) atoms. The van der Waals surface area contributed by atoms with Crippen molar-refractivity contribution in [3.05, 3.63) is 29.6 Å². The van der Waals surface area contributed by atoms with E-state index in [2.05, 4.69) is 0 Å². The van der Waals surface area contributed by atoms with Gasteiger partial charge in [-0.25, -0.2) is 12.8 Å². The van der Waals surface area contributed by atoms with Gasteiger partial charge < -0.3 is 4.90 Å². The van der Waals surface area contributed by atoms with Crippen LogP contribution in [0.15, 0.2) is 23.1 Å². The van der Waals surface area contributed by atoms with E-state index >= 15 is 0 Å². The van der Waals surface area contributed by atoms with Gasteiger partial charge in [-0.2, -0.15) is 4.31 Å². The van der Waals surface area contributed by atoms with Crippen LogP contribution in [-0.2, 0) is 14.8 Å². The van der Waals surface area contributed by atoms with E-state index in [0.717, 1.165) is 0 Å². The topological polar surface area (TPSA) is 57.7 Å². The Bertz CT molecular complexity index is 694. The van der Waals surface area contributed by atoms with Crippen LogP contribution in [0, 0.1) is 18.7 Å². The molecule has 1 saturated heterocycles. The average molecular weight is 356 g/mol. The molecule has 0 aromatic heterocycles.